The highest BCUT2D eigenvalue weighted by Gasteiger charge is 2.18. The van der Waals surface area contributed by atoms with Crippen LogP contribution in [0, 0.1) is 5.92 Å². The van der Waals surface area contributed by atoms with Crippen LogP contribution >= 0.6 is 11.6 Å². The van der Waals surface area contributed by atoms with Crippen molar-refractivity contribution in [3.8, 4) is 0 Å². The molecule has 1 rings (SSSR count). The van der Waals surface area contributed by atoms with Gasteiger partial charge in [-0.1, -0.05) is 50.8 Å². The van der Waals surface area contributed by atoms with Crippen LogP contribution in [0.4, 0.5) is 0 Å². The van der Waals surface area contributed by atoms with E-state index in [0.29, 0.717) is 11.7 Å². The molecule has 0 heterocycles. The molecule has 1 aromatic carbocycles. The predicted molar refractivity (Wildman–Crippen MR) is 91.6 cm³/mol. The summed E-state index contributed by atoms with van der Waals surface area (Å²) in [6.07, 6.45) is 1.14. The highest BCUT2D eigenvalue weighted by atomic mass is 35.5. The molecule has 2 atom stereocenters. The Bertz CT molecular complexity index is 416. The number of benzene rings is 1. The summed E-state index contributed by atoms with van der Waals surface area (Å²) in [6, 6.07) is 10.5. The lowest BCUT2D eigenvalue weighted by Gasteiger charge is -2.27. The number of nitrogens with zero attached hydrogens (tertiary/aromatic N) is 1. The summed E-state index contributed by atoms with van der Waals surface area (Å²) in [7, 11) is 2.14. The van der Waals surface area contributed by atoms with E-state index in [4.69, 9.17) is 16.3 Å². The number of hydrogen-bond donors (Lipinski definition) is 0. The minimum absolute atomic E-state index is 0.145. The lowest BCUT2D eigenvalue weighted by Crippen LogP contribution is -2.28. The van der Waals surface area contributed by atoms with Gasteiger partial charge in [-0.25, -0.2) is 0 Å². The third-order valence-electron chi connectivity index (χ3n) is 3.58. The lowest BCUT2D eigenvalue weighted by atomic mass is 10.0. The van der Waals surface area contributed by atoms with Crippen LogP contribution in [0.2, 0.25) is 0 Å². The minimum Gasteiger partial charge on any atom is -0.494 e. The molecule has 0 aliphatic heterocycles. The van der Waals surface area contributed by atoms with Crippen molar-refractivity contribution in [1.29, 1.82) is 0 Å². The maximum Gasteiger partial charge on any atom is 0.107 e. The Hall–Kier alpha value is -0.990. The molecular weight excluding hydrogens is 282 g/mol. The smallest absolute Gasteiger partial charge is 0.107 e. The van der Waals surface area contributed by atoms with Gasteiger partial charge in [-0.05, 0) is 31.9 Å². The summed E-state index contributed by atoms with van der Waals surface area (Å²) in [6.45, 7) is 12.1. The molecule has 0 bridgehead atoms. The molecular formula is C18H28ClNO. The fraction of sp³-hybridized carbons (Fsp3) is 0.556. The summed E-state index contributed by atoms with van der Waals surface area (Å²) in [5, 5.41) is -0.145. The Labute approximate surface area is 134 Å². The second kappa shape index (κ2) is 9.11. The largest absolute Gasteiger partial charge is 0.494 e. The summed E-state index contributed by atoms with van der Waals surface area (Å²) in [5.41, 5.74) is 1.33. The van der Waals surface area contributed by atoms with Gasteiger partial charge in [-0.15, -0.1) is 11.6 Å². The van der Waals surface area contributed by atoms with E-state index in [1.165, 1.54) is 5.56 Å². The van der Waals surface area contributed by atoms with Crippen molar-refractivity contribution in [2.45, 2.75) is 45.2 Å². The van der Waals surface area contributed by atoms with Crippen molar-refractivity contribution in [3.05, 3.63) is 48.2 Å². The fourth-order valence-electron chi connectivity index (χ4n) is 2.14. The lowest BCUT2D eigenvalue weighted by molar-refractivity contribution is 0.0590. The molecule has 0 saturated carbocycles. The van der Waals surface area contributed by atoms with Gasteiger partial charge < -0.3 is 9.64 Å². The van der Waals surface area contributed by atoms with Crippen LogP contribution in [0.3, 0.4) is 0 Å². The first-order chi connectivity index (χ1) is 9.90. The topological polar surface area (TPSA) is 12.5 Å². The van der Waals surface area contributed by atoms with Crippen molar-refractivity contribution in [1.82, 2.24) is 4.90 Å². The van der Waals surface area contributed by atoms with Gasteiger partial charge >= 0.3 is 0 Å². The van der Waals surface area contributed by atoms with E-state index < -0.39 is 0 Å². The van der Waals surface area contributed by atoms with Gasteiger partial charge in [0, 0.05) is 13.1 Å². The molecule has 2 nitrogen and oxygen atoms in total. The zero-order valence-corrected chi connectivity index (χ0v) is 14.4. The van der Waals surface area contributed by atoms with Gasteiger partial charge in [-0.2, -0.15) is 0 Å². The van der Waals surface area contributed by atoms with Crippen LogP contribution in [0.15, 0.2) is 42.7 Å². The number of hydrogen-bond acceptors (Lipinski definition) is 2. The molecule has 118 valence electrons. The van der Waals surface area contributed by atoms with Crippen LogP contribution in [0.1, 0.15) is 32.8 Å². The Balaban J connectivity index is 2.44. The maximum atomic E-state index is 6.01. The minimum atomic E-state index is -0.145. The number of ether oxygens (including phenoxy) is 1. The van der Waals surface area contributed by atoms with E-state index in [2.05, 4.69) is 56.6 Å². The van der Waals surface area contributed by atoms with E-state index >= 15 is 0 Å². The number of rotatable bonds is 9. The molecule has 0 saturated heterocycles. The molecule has 0 radical (unpaired) electrons. The molecule has 21 heavy (non-hydrogen) atoms. The van der Waals surface area contributed by atoms with Gasteiger partial charge in [0.15, 0.2) is 0 Å². The monoisotopic (exact) mass is 309 g/mol. The van der Waals surface area contributed by atoms with Crippen molar-refractivity contribution < 1.29 is 4.74 Å². The maximum absolute atomic E-state index is 6.01. The average molecular weight is 310 g/mol. The zero-order valence-electron chi connectivity index (χ0n) is 13.7. The highest BCUT2D eigenvalue weighted by molar-refractivity contribution is 6.21. The Morgan fingerprint density at radius 1 is 1.24 bits per heavy atom. The molecule has 0 fully saturated rings. The second-order valence-electron chi connectivity index (χ2n) is 5.99. The quantitative estimate of drug-likeness (QED) is 0.484. The van der Waals surface area contributed by atoms with E-state index in [1.54, 1.807) is 0 Å². The highest BCUT2D eigenvalue weighted by Crippen LogP contribution is 2.19. The van der Waals surface area contributed by atoms with Crippen LogP contribution in [-0.2, 0) is 11.3 Å². The number of halogens is 1. The second-order valence-corrected chi connectivity index (χ2v) is 6.65. The third kappa shape index (κ3) is 7.01. The Kier molecular flexibility index (Phi) is 7.84. The third-order valence-corrected chi connectivity index (χ3v) is 3.82. The summed E-state index contributed by atoms with van der Waals surface area (Å²) in [4.78, 5) is 2.32. The van der Waals surface area contributed by atoms with Crippen molar-refractivity contribution in [2.75, 3.05) is 13.6 Å². The van der Waals surface area contributed by atoms with Crippen LogP contribution in [0.25, 0.3) is 0 Å². The zero-order chi connectivity index (χ0) is 15.8. The van der Waals surface area contributed by atoms with E-state index in [9.17, 15) is 0 Å². The fourth-order valence-corrected chi connectivity index (χ4v) is 2.19. The Morgan fingerprint density at radius 2 is 1.86 bits per heavy atom. The van der Waals surface area contributed by atoms with Gasteiger partial charge in [0.2, 0.25) is 0 Å². The molecule has 0 amide bonds. The first-order valence-electron chi connectivity index (χ1n) is 7.62. The van der Waals surface area contributed by atoms with Crippen molar-refractivity contribution >= 4 is 11.6 Å². The molecule has 0 aromatic heterocycles. The SMILES string of the molecule is C=C(OC(CCN(C)Cc1ccccc1)C(C)C)C(C)Cl. The van der Waals surface area contributed by atoms with Crippen LogP contribution in [0.5, 0.6) is 0 Å². The van der Waals surface area contributed by atoms with Crippen molar-refractivity contribution in [2.24, 2.45) is 5.92 Å². The van der Waals surface area contributed by atoms with Crippen molar-refractivity contribution in [3.63, 3.8) is 0 Å². The number of alkyl halides is 1. The normalized spacial score (nSPS) is 14.2. The molecule has 0 N–H and O–H groups in total. The number of allylic oxidation sites excluding steroid dienone is 1. The van der Waals surface area contributed by atoms with E-state index in [0.717, 1.165) is 19.5 Å². The summed E-state index contributed by atoms with van der Waals surface area (Å²) in [5.74, 6) is 1.11. The van der Waals surface area contributed by atoms with Crippen LogP contribution < -0.4 is 0 Å². The average Bonchev–Trinajstić information content (AvgIpc) is 2.43. The first-order valence-corrected chi connectivity index (χ1v) is 8.05. The molecule has 0 aliphatic rings. The van der Waals surface area contributed by atoms with E-state index in [1.807, 2.05) is 13.0 Å². The summed E-state index contributed by atoms with van der Waals surface area (Å²) < 4.78 is 5.92. The first kappa shape index (κ1) is 18.1. The standard InChI is InChI=1S/C18H28ClNO/c1-14(2)18(21-16(4)15(3)19)11-12-20(5)13-17-9-7-6-8-10-17/h6-10,14-15,18H,4,11-13H2,1-3,5H3. The molecule has 1 aromatic rings. The predicted octanol–water partition coefficient (Wildman–Crippen LogP) is 4.69. The Morgan fingerprint density at radius 3 is 2.38 bits per heavy atom. The molecule has 0 spiro atoms. The molecule has 0 aliphatic carbocycles. The summed E-state index contributed by atoms with van der Waals surface area (Å²) >= 11 is 6.01. The van der Waals surface area contributed by atoms with Gasteiger partial charge in [0.1, 0.15) is 11.9 Å². The van der Waals surface area contributed by atoms with Crippen LogP contribution in [-0.4, -0.2) is 30.0 Å². The molecule has 2 unspecified atom stereocenters. The van der Waals surface area contributed by atoms with Gasteiger partial charge in [-0.3, -0.25) is 0 Å². The van der Waals surface area contributed by atoms with E-state index in [-0.39, 0.29) is 11.5 Å². The molecule has 3 heteroatoms. The van der Waals surface area contributed by atoms with Gasteiger partial charge in [0.25, 0.3) is 0 Å². The van der Waals surface area contributed by atoms with Gasteiger partial charge in [0.05, 0.1) is 5.38 Å².